The molecule has 1 saturated heterocycles. The molecule has 1 heterocycles. The predicted octanol–water partition coefficient (Wildman–Crippen LogP) is 3.10. The Bertz CT molecular complexity index is 400. The first kappa shape index (κ1) is 14.5. The van der Waals surface area contributed by atoms with Gasteiger partial charge in [0.05, 0.1) is 0 Å². The molecule has 0 bridgehead atoms. The van der Waals surface area contributed by atoms with Gasteiger partial charge in [-0.2, -0.15) is 0 Å². The number of halogens is 1. The number of nitrogens with zero attached hydrogens (tertiary/aromatic N) is 1. The van der Waals surface area contributed by atoms with E-state index in [1.54, 1.807) is 6.07 Å². The molecule has 1 aromatic carbocycles. The van der Waals surface area contributed by atoms with Crippen LogP contribution in [-0.4, -0.2) is 30.6 Å². The van der Waals surface area contributed by atoms with E-state index in [4.69, 9.17) is 0 Å². The Labute approximate surface area is 116 Å². The second kappa shape index (κ2) is 7.01. The summed E-state index contributed by atoms with van der Waals surface area (Å²) in [5.41, 5.74) is 1.88. The Morgan fingerprint density at radius 2 is 2.00 bits per heavy atom. The summed E-state index contributed by atoms with van der Waals surface area (Å²) < 4.78 is 13.2. The molecule has 106 valence electrons. The lowest BCUT2D eigenvalue weighted by molar-refractivity contribution is 0.170. The van der Waals surface area contributed by atoms with Gasteiger partial charge in [0.2, 0.25) is 0 Å². The second-order valence-electron chi connectivity index (χ2n) is 5.66. The van der Waals surface area contributed by atoms with Gasteiger partial charge in [0.1, 0.15) is 5.82 Å². The lowest BCUT2D eigenvalue weighted by atomic mass is 10.1. The summed E-state index contributed by atoms with van der Waals surface area (Å²) in [4.78, 5) is 2.56. The highest BCUT2D eigenvalue weighted by Gasteiger charge is 2.15. The van der Waals surface area contributed by atoms with Crippen molar-refractivity contribution in [1.29, 1.82) is 0 Å². The summed E-state index contributed by atoms with van der Waals surface area (Å²) in [5.74, 6) is -0.120. The van der Waals surface area contributed by atoms with Gasteiger partial charge in [0, 0.05) is 19.1 Å². The molecular formula is C16H25FN2. The average Bonchev–Trinajstić information content (AvgIpc) is 2.43. The van der Waals surface area contributed by atoms with Gasteiger partial charge >= 0.3 is 0 Å². The van der Waals surface area contributed by atoms with Crippen LogP contribution in [0.3, 0.4) is 0 Å². The molecule has 0 radical (unpaired) electrons. The fourth-order valence-electron chi connectivity index (χ4n) is 2.73. The molecule has 1 aliphatic rings. The van der Waals surface area contributed by atoms with Crippen molar-refractivity contribution in [3.8, 4) is 0 Å². The van der Waals surface area contributed by atoms with Crippen LogP contribution in [0.25, 0.3) is 0 Å². The second-order valence-corrected chi connectivity index (χ2v) is 5.66. The van der Waals surface area contributed by atoms with E-state index in [9.17, 15) is 4.39 Å². The molecule has 1 aromatic rings. The van der Waals surface area contributed by atoms with Crippen LogP contribution in [0.2, 0.25) is 0 Å². The highest BCUT2D eigenvalue weighted by atomic mass is 19.1. The minimum atomic E-state index is -0.120. The molecule has 3 heteroatoms. The van der Waals surface area contributed by atoms with E-state index in [1.165, 1.54) is 32.4 Å². The van der Waals surface area contributed by atoms with Gasteiger partial charge in [-0.25, -0.2) is 4.39 Å². The molecule has 2 rings (SSSR count). The zero-order valence-electron chi connectivity index (χ0n) is 12.1. The van der Waals surface area contributed by atoms with E-state index in [2.05, 4.69) is 17.1 Å². The van der Waals surface area contributed by atoms with Crippen molar-refractivity contribution in [2.24, 2.45) is 0 Å². The Hall–Kier alpha value is -0.930. The molecule has 0 spiro atoms. The molecular weight excluding hydrogens is 239 g/mol. The topological polar surface area (TPSA) is 15.3 Å². The smallest absolute Gasteiger partial charge is 0.126 e. The van der Waals surface area contributed by atoms with Gasteiger partial charge in [-0.15, -0.1) is 0 Å². The van der Waals surface area contributed by atoms with Crippen molar-refractivity contribution < 1.29 is 4.39 Å². The molecule has 19 heavy (non-hydrogen) atoms. The first-order valence-electron chi connectivity index (χ1n) is 7.36. The van der Waals surface area contributed by atoms with E-state index in [1.807, 2.05) is 19.1 Å². The third-order valence-corrected chi connectivity index (χ3v) is 4.01. The van der Waals surface area contributed by atoms with Crippen molar-refractivity contribution in [2.75, 3.05) is 19.6 Å². The normalized spacial score (nSPS) is 18.5. The number of hydrogen-bond acceptors (Lipinski definition) is 2. The monoisotopic (exact) mass is 264 g/mol. The third kappa shape index (κ3) is 4.29. The van der Waals surface area contributed by atoms with Gasteiger partial charge in [-0.05, 0) is 57.0 Å². The summed E-state index contributed by atoms with van der Waals surface area (Å²) in [5, 5.41) is 3.48. The number of likely N-dealkylation sites (tertiary alicyclic amines) is 1. The lowest BCUT2D eigenvalue weighted by Crippen LogP contribution is -2.42. The fourth-order valence-corrected chi connectivity index (χ4v) is 2.73. The number of aryl methyl sites for hydroxylation is 1. The van der Waals surface area contributed by atoms with Crippen LogP contribution in [0.5, 0.6) is 0 Å². The zero-order chi connectivity index (χ0) is 13.7. The van der Waals surface area contributed by atoms with Gasteiger partial charge in [-0.3, -0.25) is 4.90 Å². The maximum atomic E-state index is 13.2. The molecule has 0 aliphatic carbocycles. The van der Waals surface area contributed by atoms with Crippen molar-refractivity contribution in [1.82, 2.24) is 10.2 Å². The summed E-state index contributed by atoms with van der Waals surface area (Å²) in [6, 6.07) is 5.93. The molecule has 2 nitrogen and oxygen atoms in total. The number of piperidine rings is 1. The third-order valence-electron chi connectivity index (χ3n) is 4.01. The Morgan fingerprint density at radius 3 is 2.68 bits per heavy atom. The van der Waals surface area contributed by atoms with Crippen molar-refractivity contribution in [2.45, 2.75) is 45.7 Å². The number of rotatable bonds is 5. The number of nitrogens with one attached hydrogen (secondary N) is 1. The van der Waals surface area contributed by atoms with Crippen LogP contribution in [0.4, 0.5) is 4.39 Å². The van der Waals surface area contributed by atoms with Crippen LogP contribution in [-0.2, 0) is 6.54 Å². The standard InChI is InChI=1S/C16H25FN2/c1-13-10-15(6-7-16(13)17)12-18-11-14(2)19-8-4-3-5-9-19/h6-7,10,14,18H,3-5,8-9,11-12H2,1-2H3. The molecule has 1 aliphatic heterocycles. The van der Waals surface area contributed by atoms with Crippen LogP contribution < -0.4 is 5.32 Å². The molecule has 1 atom stereocenters. The summed E-state index contributed by atoms with van der Waals surface area (Å²) in [6.07, 6.45) is 4.05. The first-order chi connectivity index (χ1) is 9.16. The maximum Gasteiger partial charge on any atom is 0.126 e. The van der Waals surface area contributed by atoms with Crippen molar-refractivity contribution >= 4 is 0 Å². The van der Waals surface area contributed by atoms with Gasteiger partial charge in [0.25, 0.3) is 0 Å². The SMILES string of the molecule is Cc1cc(CNCC(C)N2CCCCC2)ccc1F. The van der Waals surface area contributed by atoms with E-state index in [0.29, 0.717) is 6.04 Å². The maximum absolute atomic E-state index is 13.2. The molecule has 1 unspecified atom stereocenters. The van der Waals surface area contributed by atoms with E-state index >= 15 is 0 Å². The predicted molar refractivity (Wildman–Crippen MR) is 77.7 cm³/mol. The molecule has 0 amide bonds. The lowest BCUT2D eigenvalue weighted by Gasteiger charge is -2.32. The van der Waals surface area contributed by atoms with Crippen molar-refractivity contribution in [3.05, 3.63) is 35.1 Å². The summed E-state index contributed by atoms with van der Waals surface area (Å²) in [7, 11) is 0. The minimum absolute atomic E-state index is 0.120. The average molecular weight is 264 g/mol. The van der Waals surface area contributed by atoms with E-state index in [0.717, 1.165) is 24.2 Å². The minimum Gasteiger partial charge on any atom is -0.311 e. The van der Waals surface area contributed by atoms with Crippen LogP contribution in [0.1, 0.15) is 37.3 Å². The molecule has 0 saturated carbocycles. The molecule has 0 aromatic heterocycles. The van der Waals surface area contributed by atoms with Crippen LogP contribution in [0.15, 0.2) is 18.2 Å². The van der Waals surface area contributed by atoms with Gasteiger partial charge < -0.3 is 5.32 Å². The number of benzene rings is 1. The summed E-state index contributed by atoms with van der Waals surface area (Å²) in [6.45, 7) is 8.39. The largest absolute Gasteiger partial charge is 0.311 e. The highest BCUT2D eigenvalue weighted by molar-refractivity contribution is 5.23. The highest BCUT2D eigenvalue weighted by Crippen LogP contribution is 2.12. The molecule has 1 fully saturated rings. The Kier molecular flexibility index (Phi) is 5.34. The fraction of sp³-hybridized carbons (Fsp3) is 0.625. The zero-order valence-corrected chi connectivity index (χ0v) is 12.1. The van der Waals surface area contributed by atoms with Crippen molar-refractivity contribution in [3.63, 3.8) is 0 Å². The van der Waals surface area contributed by atoms with E-state index in [-0.39, 0.29) is 5.82 Å². The summed E-state index contributed by atoms with van der Waals surface area (Å²) >= 11 is 0. The first-order valence-corrected chi connectivity index (χ1v) is 7.36. The Balaban J connectivity index is 1.74. The Morgan fingerprint density at radius 1 is 1.26 bits per heavy atom. The van der Waals surface area contributed by atoms with Gasteiger partial charge in [0.15, 0.2) is 0 Å². The van der Waals surface area contributed by atoms with Crippen LogP contribution >= 0.6 is 0 Å². The van der Waals surface area contributed by atoms with Gasteiger partial charge in [-0.1, -0.05) is 18.6 Å². The number of hydrogen-bond donors (Lipinski definition) is 1. The quantitative estimate of drug-likeness (QED) is 0.879. The van der Waals surface area contributed by atoms with Crippen LogP contribution in [0, 0.1) is 12.7 Å². The molecule has 1 N–H and O–H groups in total. The van der Waals surface area contributed by atoms with E-state index < -0.39 is 0 Å².